The van der Waals surface area contributed by atoms with E-state index in [1.807, 2.05) is 12.1 Å². The first-order valence-corrected chi connectivity index (χ1v) is 12.9. The number of nitrogens with zero attached hydrogens (tertiary/aromatic N) is 7. The molecule has 0 radical (unpaired) electrons. The summed E-state index contributed by atoms with van der Waals surface area (Å²) in [5.74, 6) is 1.26. The first-order chi connectivity index (χ1) is 16.3. The highest BCUT2D eigenvalue weighted by Gasteiger charge is 2.27. The Bertz CT molecular complexity index is 895. The van der Waals surface area contributed by atoms with E-state index >= 15 is 0 Å². The Morgan fingerprint density at radius 1 is 0.970 bits per heavy atom. The zero-order valence-electron chi connectivity index (χ0n) is 19.7. The second-order valence-electron chi connectivity index (χ2n) is 9.90. The van der Waals surface area contributed by atoms with E-state index in [4.69, 9.17) is 0 Å². The molecule has 1 amide bonds. The van der Waals surface area contributed by atoms with Gasteiger partial charge >= 0.3 is 0 Å². The van der Waals surface area contributed by atoms with Crippen molar-refractivity contribution in [3.05, 3.63) is 18.5 Å². The van der Waals surface area contributed by atoms with Crippen LogP contribution in [0.3, 0.4) is 0 Å². The van der Waals surface area contributed by atoms with Crippen LogP contribution in [-0.4, -0.2) is 93.9 Å². The number of hydrogen-bond acceptors (Lipinski definition) is 7. The Kier molecular flexibility index (Phi) is 7.36. The topological polar surface area (TPSA) is 81.9 Å². The van der Waals surface area contributed by atoms with Gasteiger partial charge in [-0.2, -0.15) is 4.52 Å². The molecule has 0 aromatic carbocycles. The van der Waals surface area contributed by atoms with Gasteiger partial charge in [-0.05, 0) is 89.8 Å². The smallest absolute Gasteiger partial charge is 0.223 e. The number of likely N-dealkylation sites (tertiary alicyclic amines) is 2. The maximum atomic E-state index is 12.7. The lowest BCUT2D eigenvalue weighted by Crippen LogP contribution is -2.47. The summed E-state index contributed by atoms with van der Waals surface area (Å²) < 4.78 is 1.70. The normalized spacial score (nSPS) is 22.1. The van der Waals surface area contributed by atoms with Crippen molar-refractivity contribution in [3.63, 3.8) is 0 Å². The van der Waals surface area contributed by atoms with E-state index < -0.39 is 0 Å². The fraction of sp³-hybridized carbons (Fsp3) is 0.750. The second-order valence-corrected chi connectivity index (χ2v) is 9.90. The Labute approximate surface area is 196 Å². The van der Waals surface area contributed by atoms with Gasteiger partial charge in [0.2, 0.25) is 5.91 Å². The van der Waals surface area contributed by atoms with Crippen LogP contribution in [0.5, 0.6) is 0 Å². The number of rotatable bonds is 7. The Morgan fingerprint density at radius 2 is 1.76 bits per heavy atom. The Hall–Kier alpha value is -2.26. The first-order valence-electron chi connectivity index (χ1n) is 12.9. The largest absolute Gasteiger partial charge is 0.356 e. The van der Waals surface area contributed by atoms with Gasteiger partial charge in [0.25, 0.3) is 0 Å². The molecule has 1 N–H and O–H groups in total. The first kappa shape index (κ1) is 22.5. The second kappa shape index (κ2) is 10.8. The highest BCUT2D eigenvalue weighted by atomic mass is 16.1. The number of anilines is 1. The molecule has 3 saturated heterocycles. The van der Waals surface area contributed by atoms with E-state index in [1.165, 1.54) is 58.3 Å². The SMILES string of the molecule is O=C(NCCCN1CCC(N2CCCCC2)CC1)C1CCN(c2ccc3nncn3n2)CC1. The maximum Gasteiger partial charge on any atom is 0.223 e. The van der Waals surface area contributed by atoms with Crippen LogP contribution in [0.15, 0.2) is 18.5 Å². The summed E-state index contributed by atoms with van der Waals surface area (Å²) in [6.45, 7) is 8.63. The van der Waals surface area contributed by atoms with Crippen LogP contribution in [0.1, 0.15) is 51.4 Å². The lowest BCUT2D eigenvalue weighted by atomic mass is 9.96. The minimum absolute atomic E-state index is 0.111. The van der Waals surface area contributed by atoms with Gasteiger partial charge in [0.1, 0.15) is 12.1 Å². The van der Waals surface area contributed by atoms with Crippen LogP contribution in [0.25, 0.3) is 5.65 Å². The lowest BCUT2D eigenvalue weighted by Gasteiger charge is -2.40. The summed E-state index contributed by atoms with van der Waals surface area (Å²) >= 11 is 0. The lowest BCUT2D eigenvalue weighted by molar-refractivity contribution is -0.125. The van der Waals surface area contributed by atoms with Gasteiger partial charge in [0.15, 0.2) is 5.65 Å². The molecule has 5 heterocycles. The van der Waals surface area contributed by atoms with Crippen molar-refractivity contribution < 1.29 is 4.79 Å². The molecule has 3 fully saturated rings. The number of piperidine rings is 3. The third kappa shape index (κ3) is 5.63. The average molecular weight is 455 g/mol. The van der Waals surface area contributed by atoms with Crippen molar-refractivity contribution in [1.29, 1.82) is 0 Å². The average Bonchev–Trinajstić information content (AvgIpc) is 3.35. The summed E-state index contributed by atoms with van der Waals surface area (Å²) in [5, 5.41) is 15.7. The molecule has 0 unspecified atom stereocenters. The van der Waals surface area contributed by atoms with E-state index in [1.54, 1.807) is 10.8 Å². The van der Waals surface area contributed by atoms with Crippen LogP contribution in [0.4, 0.5) is 5.82 Å². The quantitative estimate of drug-likeness (QED) is 0.639. The van der Waals surface area contributed by atoms with E-state index in [0.717, 1.165) is 62.9 Å². The molecular formula is C24H38N8O. The van der Waals surface area contributed by atoms with Crippen LogP contribution >= 0.6 is 0 Å². The van der Waals surface area contributed by atoms with Gasteiger partial charge in [-0.25, -0.2) is 0 Å². The van der Waals surface area contributed by atoms with E-state index in [9.17, 15) is 4.79 Å². The fourth-order valence-electron chi connectivity index (χ4n) is 5.71. The van der Waals surface area contributed by atoms with Crippen molar-refractivity contribution in [2.75, 3.05) is 57.3 Å². The third-order valence-corrected chi connectivity index (χ3v) is 7.75. The number of amides is 1. The summed E-state index contributed by atoms with van der Waals surface area (Å²) in [4.78, 5) is 20.2. The number of hydrogen-bond donors (Lipinski definition) is 1. The molecule has 0 saturated carbocycles. The van der Waals surface area contributed by atoms with E-state index in [0.29, 0.717) is 0 Å². The van der Waals surface area contributed by atoms with Gasteiger partial charge in [-0.1, -0.05) is 6.42 Å². The third-order valence-electron chi connectivity index (χ3n) is 7.75. The molecule has 0 spiro atoms. The van der Waals surface area contributed by atoms with Gasteiger partial charge < -0.3 is 20.0 Å². The molecular weight excluding hydrogens is 416 g/mol. The standard InChI is InChI=1S/C24H38N8O/c33-24(20-7-17-31(18-8-20)23-6-5-22-27-26-19-32(22)28-23)25-11-4-12-29-15-9-21(10-16-29)30-13-2-1-3-14-30/h5-6,19-21H,1-4,7-18H2,(H,25,33). The molecule has 0 bridgehead atoms. The molecule has 9 nitrogen and oxygen atoms in total. The molecule has 2 aromatic rings. The van der Waals surface area contributed by atoms with Crippen molar-refractivity contribution in [2.24, 2.45) is 5.92 Å². The summed E-state index contributed by atoms with van der Waals surface area (Å²) in [7, 11) is 0. The van der Waals surface area contributed by atoms with Gasteiger partial charge in [0.05, 0.1) is 0 Å². The molecule has 9 heteroatoms. The zero-order chi connectivity index (χ0) is 22.5. The van der Waals surface area contributed by atoms with Crippen LogP contribution in [0.2, 0.25) is 0 Å². The van der Waals surface area contributed by atoms with Crippen molar-refractivity contribution in [3.8, 4) is 0 Å². The summed E-state index contributed by atoms with van der Waals surface area (Å²) in [5.41, 5.74) is 0.749. The van der Waals surface area contributed by atoms with Crippen molar-refractivity contribution in [2.45, 2.75) is 57.4 Å². The minimum Gasteiger partial charge on any atom is -0.356 e. The fourth-order valence-corrected chi connectivity index (χ4v) is 5.71. The zero-order valence-corrected chi connectivity index (χ0v) is 19.7. The minimum atomic E-state index is 0.111. The molecule has 3 aliphatic rings. The monoisotopic (exact) mass is 454 g/mol. The van der Waals surface area contributed by atoms with Gasteiger partial charge in [-0.3, -0.25) is 4.79 Å². The van der Waals surface area contributed by atoms with Gasteiger partial charge in [0, 0.05) is 31.6 Å². The predicted molar refractivity (Wildman–Crippen MR) is 128 cm³/mol. The molecule has 0 atom stereocenters. The van der Waals surface area contributed by atoms with Crippen LogP contribution in [-0.2, 0) is 4.79 Å². The highest BCUT2D eigenvalue weighted by Crippen LogP contribution is 2.23. The number of carbonyl (C=O) groups is 1. The van der Waals surface area contributed by atoms with E-state index in [-0.39, 0.29) is 11.8 Å². The van der Waals surface area contributed by atoms with Crippen molar-refractivity contribution in [1.82, 2.24) is 34.9 Å². The molecule has 5 rings (SSSR count). The molecule has 2 aromatic heterocycles. The number of fused-ring (bicyclic) bond motifs is 1. The predicted octanol–water partition coefficient (Wildman–Crippen LogP) is 1.80. The van der Waals surface area contributed by atoms with Crippen LogP contribution < -0.4 is 10.2 Å². The Balaban J connectivity index is 0.968. The Morgan fingerprint density at radius 3 is 2.55 bits per heavy atom. The van der Waals surface area contributed by atoms with E-state index in [2.05, 4.69) is 35.3 Å². The number of aromatic nitrogens is 4. The molecule has 3 aliphatic heterocycles. The molecule has 0 aliphatic carbocycles. The number of nitrogens with one attached hydrogen (secondary N) is 1. The van der Waals surface area contributed by atoms with Gasteiger partial charge in [-0.15, -0.1) is 15.3 Å². The highest BCUT2D eigenvalue weighted by molar-refractivity contribution is 5.78. The number of carbonyl (C=O) groups excluding carboxylic acids is 1. The molecule has 180 valence electrons. The van der Waals surface area contributed by atoms with Crippen LogP contribution in [0, 0.1) is 5.92 Å². The summed E-state index contributed by atoms with van der Waals surface area (Å²) in [6, 6.07) is 4.73. The molecule has 33 heavy (non-hydrogen) atoms. The maximum absolute atomic E-state index is 12.7. The summed E-state index contributed by atoms with van der Waals surface area (Å²) in [6.07, 6.45) is 11.2. The van der Waals surface area contributed by atoms with Crippen molar-refractivity contribution >= 4 is 17.4 Å².